The van der Waals surface area contributed by atoms with Crippen LogP contribution in [-0.4, -0.2) is 37.0 Å². The fourth-order valence-corrected chi connectivity index (χ4v) is 5.62. The summed E-state index contributed by atoms with van der Waals surface area (Å²) in [7, 11) is -3.47. The van der Waals surface area contributed by atoms with E-state index in [1.165, 1.54) is 5.56 Å². The Bertz CT molecular complexity index is 891. The highest BCUT2D eigenvalue weighted by atomic mass is 32.2. The van der Waals surface area contributed by atoms with Crippen molar-refractivity contribution in [1.29, 1.82) is 0 Å². The molecule has 3 rings (SSSR count). The number of benzene rings is 2. The molecule has 1 amide bonds. The SMILES string of the molecule is C[C@@H](SCc1ccccc1)C(=O)Nc1ccc(S(=O)(=O)N2CCCCCC2)cc1. The molecule has 0 radical (unpaired) electrons. The predicted molar refractivity (Wildman–Crippen MR) is 119 cm³/mol. The zero-order valence-corrected chi connectivity index (χ0v) is 18.3. The van der Waals surface area contributed by atoms with Gasteiger partial charge in [0.2, 0.25) is 15.9 Å². The third-order valence-electron chi connectivity index (χ3n) is 5.04. The van der Waals surface area contributed by atoms with E-state index in [9.17, 15) is 13.2 Å². The van der Waals surface area contributed by atoms with E-state index in [1.807, 2.05) is 37.3 Å². The maximum atomic E-state index is 12.8. The smallest absolute Gasteiger partial charge is 0.243 e. The molecule has 1 heterocycles. The van der Waals surface area contributed by atoms with Crippen molar-refractivity contribution in [2.24, 2.45) is 0 Å². The van der Waals surface area contributed by atoms with Crippen LogP contribution in [0.3, 0.4) is 0 Å². The van der Waals surface area contributed by atoms with E-state index in [0.717, 1.165) is 31.4 Å². The molecule has 29 heavy (non-hydrogen) atoms. The molecule has 1 aliphatic rings. The molecule has 1 aliphatic heterocycles. The Morgan fingerprint density at radius 1 is 1.00 bits per heavy atom. The van der Waals surface area contributed by atoms with Crippen LogP contribution in [0.25, 0.3) is 0 Å². The summed E-state index contributed by atoms with van der Waals surface area (Å²) in [5.41, 5.74) is 1.79. The third kappa shape index (κ3) is 6.07. The summed E-state index contributed by atoms with van der Waals surface area (Å²) in [6, 6.07) is 16.5. The topological polar surface area (TPSA) is 66.5 Å². The highest BCUT2D eigenvalue weighted by Crippen LogP contribution is 2.23. The van der Waals surface area contributed by atoms with Gasteiger partial charge in [-0.1, -0.05) is 43.2 Å². The molecule has 0 unspecified atom stereocenters. The second kappa shape index (κ2) is 10.3. The first-order chi connectivity index (χ1) is 14.0. The van der Waals surface area contributed by atoms with Crippen LogP contribution in [0.4, 0.5) is 5.69 Å². The van der Waals surface area contributed by atoms with Gasteiger partial charge in [-0.2, -0.15) is 4.31 Å². The zero-order chi connectivity index (χ0) is 20.7. The molecule has 1 fully saturated rings. The summed E-state index contributed by atoms with van der Waals surface area (Å²) in [6.07, 6.45) is 3.98. The van der Waals surface area contributed by atoms with Crippen molar-refractivity contribution in [2.45, 2.75) is 48.5 Å². The van der Waals surface area contributed by atoms with Crippen molar-refractivity contribution in [3.05, 3.63) is 60.2 Å². The summed E-state index contributed by atoms with van der Waals surface area (Å²) in [5.74, 6) is 0.677. The van der Waals surface area contributed by atoms with Gasteiger partial charge in [0, 0.05) is 24.5 Å². The summed E-state index contributed by atoms with van der Waals surface area (Å²) < 4.78 is 27.3. The summed E-state index contributed by atoms with van der Waals surface area (Å²) in [4.78, 5) is 12.7. The van der Waals surface area contributed by atoms with Crippen molar-refractivity contribution in [3.63, 3.8) is 0 Å². The third-order valence-corrected chi connectivity index (χ3v) is 8.16. The largest absolute Gasteiger partial charge is 0.325 e. The van der Waals surface area contributed by atoms with Crippen LogP contribution in [0.5, 0.6) is 0 Å². The molecule has 1 atom stereocenters. The van der Waals surface area contributed by atoms with Crippen molar-refractivity contribution < 1.29 is 13.2 Å². The van der Waals surface area contributed by atoms with Gasteiger partial charge in [-0.15, -0.1) is 11.8 Å². The molecule has 0 bridgehead atoms. The maximum absolute atomic E-state index is 12.8. The van der Waals surface area contributed by atoms with Gasteiger partial charge < -0.3 is 5.32 Å². The van der Waals surface area contributed by atoms with E-state index in [2.05, 4.69) is 5.32 Å². The molecular weight excluding hydrogens is 404 g/mol. The fraction of sp³-hybridized carbons (Fsp3) is 0.409. The monoisotopic (exact) mass is 432 g/mol. The van der Waals surface area contributed by atoms with Gasteiger partial charge in [0.05, 0.1) is 10.1 Å². The maximum Gasteiger partial charge on any atom is 0.243 e. The van der Waals surface area contributed by atoms with Crippen LogP contribution in [0.1, 0.15) is 38.2 Å². The number of carbonyl (C=O) groups is 1. The lowest BCUT2D eigenvalue weighted by atomic mass is 10.2. The van der Waals surface area contributed by atoms with E-state index >= 15 is 0 Å². The van der Waals surface area contributed by atoms with Crippen molar-refractivity contribution >= 4 is 33.4 Å². The quantitative estimate of drug-likeness (QED) is 0.699. The Balaban J connectivity index is 1.57. The molecule has 1 N–H and O–H groups in total. The number of carbonyl (C=O) groups excluding carboxylic acids is 1. The number of anilines is 1. The van der Waals surface area contributed by atoms with Crippen LogP contribution in [0.15, 0.2) is 59.5 Å². The Morgan fingerprint density at radius 3 is 2.24 bits per heavy atom. The molecule has 0 saturated carbocycles. The average Bonchev–Trinajstić information content (AvgIpc) is 3.03. The average molecular weight is 433 g/mol. The Morgan fingerprint density at radius 2 is 1.62 bits per heavy atom. The highest BCUT2D eigenvalue weighted by molar-refractivity contribution is 7.99. The Hall–Kier alpha value is -1.83. The number of nitrogens with one attached hydrogen (secondary N) is 1. The van der Waals surface area contributed by atoms with E-state index in [4.69, 9.17) is 0 Å². The minimum absolute atomic E-state index is 0.0888. The van der Waals surface area contributed by atoms with Gasteiger partial charge in [-0.05, 0) is 49.6 Å². The predicted octanol–water partition coefficient (Wildman–Crippen LogP) is 4.51. The first-order valence-corrected chi connectivity index (χ1v) is 12.5. The lowest BCUT2D eigenvalue weighted by Gasteiger charge is -2.20. The standard InChI is InChI=1S/C22H28N2O3S2/c1-18(28-17-19-9-5-4-6-10-19)22(25)23-20-11-13-21(14-12-20)29(26,27)24-15-7-2-3-8-16-24/h4-6,9-14,18H,2-3,7-8,15-17H2,1H3,(H,23,25)/t18-/m1/s1. The number of hydrogen-bond donors (Lipinski definition) is 1. The van der Waals surface area contributed by atoms with Crippen molar-refractivity contribution in [3.8, 4) is 0 Å². The van der Waals surface area contributed by atoms with E-state index < -0.39 is 10.0 Å². The zero-order valence-electron chi connectivity index (χ0n) is 16.7. The summed E-state index contributed by atoms with van der Waals surface area (Å²) in [5, 5.41) is 2.67. The van der Waals surface area contributed by atoms with Gasteiger partial charge >= 0.3 is 0 Å². The molecule has 0 spiro atoms. The fourth-order valence-electron chi connectivity index (χ4n) is 3.26. The van der Waals surface area contributed by atoms with Gasteiger partial charge in [-0.3, -0.25) is 4.79 Å². The molecule has 0 aromatic heterocycles. The van der Waals surface area contributed by atoms with E-state index in [-0.39, 0.29) is 16.1 Å². The second-order valence-electron chi connectivity index (χ2n) is 7.27. The van der Waals surface area contributed by atoms with Gasteiger partial charge in [-0.25, -0.2) is 8.42 Å². The van der Waals surface area contributed by atoms with Crippen LogP contribution < -0.4 is 5.32 Å². The first kappa shape index (κ1) is 21.9. The number of rotatable bonds is 7. The highest BCUT2D eigenvalue weighted by Gasteiger charge is 2.25. The number of amides is 1. The first-order valence-electron chi connectivity index (χ1n) is 10.0. The van der Waals surface area contributed by atoms with Gasteiger partial charge in [0.15, 0.2) is 0 Å². The number of sulfonamides is 1. The normalized spacial score (nSPS) is 16.7. The molecule has 1 saturated heterocycles. The Kier molecular flexibility index (Phi) is 7.75. The number of hydrogen-bond acceptors (Lipinski definition) is 4. The number of nitrogens with zero attached hydrogens (tertiary/aromatic N) is 1. The molecule has 156 valence electrons. The molecule has 2 aromatic rings. The Labute approximate surface area is 177 Å². The van der Waals surface area contributed by atoms with Crippen LogP contribution >= 0.6 is 11.8 Å². The van der Waals surface area contributed by atoms with Crippen LogP contribution in [0.2, 0.25) is 0 Å². The van der Waals surface area contributed by atoms with Gasteiger partial charge in [0.25, 0.3) is 0 Å². The molecule has 5 nitrogen and oxygen atoms in total. The van der Waals surface area contributed by atoms with E-state index in [1.54, 1.807) is 40.3 Å². The van der Waals surface area contributed by atoms with Crippen molar-refractivity contribution in [2.75, 3.05) is 18.4 Å². The van der Waals surface area contributed by atoms with E-state index in [0.29, 0.717) is 18.8 Å². The van der Waals surface area contributed by atoms with Gasteiger partial charge in [0.1, 0.15) is 0 Å². The summed E-state index contributed by atoms with van der Waals surface area (Å²) in [6.45, 7) is 3.04. The molecule has 0 aliphatic carbocycles. The van der Waals surface area contributed by atoms with Crippen LogP contribution in [0, 0.1) is 0 Å². The van der Waals surface area contributed by atoms with Crippen LogP contribution in [-0.2, 0) is 20.6 Å². The van der Waals surface area contributed by atoms with Crippen molar-refractivity contribution in [1.82, 2.24) is 4.31 Å². The molecule has 2 aromatic carbocycles. The summed E-state index contributed by atoms with van der Waals surface area (Å²) >= 11 is 1.57. The minimum atomic E-state index is -3.47. The molecule has 7 heteroatoms. The minimum Gasteiger partial charge on any atom is -0.325 e. The number of thioether (sulfide) groups is 1. The second-order valence-corrected chi connectivity index (χ2v) is 10.5. The lowest BCUT2D eigenvalue weighted by molar-refractivity contribution is -0.115. The lowest BCUT2D eigenvalue weighted by Crippen LogP contribution is -2.31. The molecular formula is C22H28N2O3S2.